The molecule has 0 saturated carbocycles. The highest BCUT2D eigenvalue weighted by Crippen LogP contribution is 2.24. The quantitative estimate of drug-likeness (QED) is 0.705. The summed E-state index contributed by atoms with van der Waals surface area (Å²) >= 11 is 1.32. The lowest BCUT2D eigenvalue weighted by atomic mass is 10.0. The van der Waals surface area contributed by atoms with Gasteiger partial charge in [-0.1, -0.05) is 18.2 Å². The van der Waals surface area contributed by atoms with Crippen molar-refractivity contribution in [2.45, 2.75) is 18.9 Å². The number of hydrogen-bond donors (Lipinski definition) is 1. The van der Waals surface area contributed by atoms with Crippen LogP contribution in [0.25, 0.3) is 0 Å². The summed E-state index contributed by atoms with van der Waals surface area (Å²) in [6.45, 7) is 5.37. The number of hydrogen-bond acceptors (Lipinski definition) is 7. The van der Waals surface area contributed by atoms with Crippen LogP contribution in [-0.2, 0) is 25.5 Å². The molecule has 1 unspecified atom stereocenters. The number of halogens is 1. The zero-order valence-electron chi connectivity index (χ0n) is 18.0. The molecule has 172 valence electrons. The second-order valence-electron chi connectivity index (χ2n) is 8.14. The lowest BCUT2D eigenvalue weighted by molar-refractivity contribution is -0.171. The van der Waals surface area contributed by atoms with E-state index in [1.807, 2.05) is 4.90 Å². The maximum atomic E-state index is 13.9. The molecule has 0 spiro atoms. The summed E-state index contributed by atoms with van der Waals surface area (Å²) in [4.78, 5) is 34.3. The molecule has 1 N–H and O–H groups in total. The summed E-state index contributed by atoms with van der Waals surface area (Å²) in [5.41, 5.74) is -0.393. The van der Waals surface area contributed by atoms with Crippen LogP contribution in [0.5, 0.6) is 0 Å². The number of thiazole rings is 1. The second-order valence-corrected chi connectivity index (χ2v) is 9.26. The van der Waals surface area contributed by atoms with Gasteiger partial charge >= 0.3 is 0 Å². The Kier molecular flexibility index (Phi) is 7.14. The van der Waals surface area contributed by atoms with Crippen molar-refractivity contribution in [2.75, 3.05) is 57.9 Å². The predicted molar refractivity (Wildman–Crippen MR) is 118 cm³/mol. The Morgan fingerprint density at radius 2 is 2.00 bits per heavy atom. The van der Waals surface area contributed by atoms with Gasteiger partial charge in [-0.05, 0) is 18.6 Å². The van der Waals surface area contributed by atoms with Crippen LogP contribution in [0.3, 0.4) is 0 Å². The Morgan fingerprint density at radius 3 is 2.78 bits per heavy atom. The van der Waals surface area contributed by atoms with Gasteiger partial charge in [-0.3, -0.25) is 14.5 Å². The molecule has 2 aliphatic heterocycles. The summed E-state index contributed by atoms with van der Waals surface area (Å²) in [6.07, 6.45) is 2.07. The number of ether oxygens (including phenoxy) is 2. The topological polar surface area (TPSA) is 84.0 Å². The van der Waals surface area contributed by atoms with Crippen LogP contribution >= 0.6 is 11.3 Å². The summed E-state index contributed by atoms with van der Waals surface area (Å²) in [7, 11) is 0. The smallest absolute Gasteiger partial charge is 0.256 e. The van der Waals surface area contributed by atoms with Gasteiger partial charge in [0.2, 0.25) is 5.91 Å². The van der Waals surface area contributed by atoms with E-state index in [2.05, 4.69) is 10.3 Å². The number of rotatable bonds is 6. The minimum Gasteiger partial charge on any atom is -0.378 e. The summed E-state index contributed by atoms with van der Waals surface area (Å²) in [5, 5.41) is 3.28. The van der Waals surface area contributed by atoms with Gasteiger partial charge in [0.25, 0.3) is 5.91 Å². The first-order chi connectivity index (χ1) is 15.4. The second kappa shape index (κ2) is 10.0. The number of morpholine rings is 2. The normalized spacial score (nSPS) is 22.0. The van der Waals surface area contributed by atoms with Gasteiger partial charge < -0.3 is 19.7 Å². The fraction of sp³-hybridized carbons (Fsp3) is 0.500. The van der Waals surface area contributed by atoms with E-state index in [0.717, 1.165) is 4.88 Å². The minimum absolute atomic E-state index is 0.0661. The van der Waals surface area contributed by atoms with Crippen LogP contribution < -0.4 is 5.32 Å². The Labute approximate surface area is 190 Å². The predicted octanol–water partition coefficient (Wildman–Crippen LogP) is 1.76. The molecule has 1 aromatic carbocycles. The maximum absolute atomic E-state index is 13.9. The van der Waals surface area contributed by atoms with Crippen LogP contribution in [0.4, 0.5) is 9.52 Å². The van der Waals surface area contributed by atoms with Crippen molar-refractivity contribution >= 4 is 28.3 Å². The molecule has 2 aliphatic rings. The molecule has 1 aromatic heterocycles. The molecule has 2 aromatic rings. The molecule has 10 heteroatoms. The molecular formula is C22H27FN4O4S. The van der Waals surface area contributed by atoms with Crippen molar-refractivity contribution in [3.63, 3.8) is 0 Å². The van der Waals surface area contributed by atoms with Crippen molar-refractivity contribution in [3.8, 4) is 0 Å². The molecule has 1 atom stereocenters. The largest absolute Gasteiger partial charge is 0.378 e. The van der Waals surface area contributed by atoms with E-state index in [9.17, 15) is 14.0 Å². The van der Waals surface area contributed by atoms with Gasteiger partial charge in [0.1, 0.15) is 5.82 Å². The number of nitrogens with zero attached hydrogens (tertiary/aromatic N) is 3. The van der Waals surface area contributed by atoms with Crippen molar-refractivity contribution in [3.05, 3.63) is 46.7 Å². The number of amides is 2. The van der Waals surface area contributed by atoms with Crippen molar-refractivity contribution < 1.29 is 23.5 Å². The average molecular weight is 463 g/mol. The molecule has 3 heterocycles. The molecular weight excluding hydrogens is 435 g/mol. The number of nitrogens with one attached hydrogen (secondary N) is 1. The molecule has 8 nitrogen and oxygen atoms in total. The monoisotopic (exact) mass is 462 g/mol. The summed E-state index contributed by atoms with van der Waals surface area (Å²) < 4.78 is 25.0. The third-order valence-electron chi connectivity index (χ3n) is 5.59. The zero-order chi connectivity index (χ0) is 22.6. The van der Waals surface area contributed by atoms with Crippen LogP contribution in [0.15, 0.2) is 30.5 Å². The van der Waals surface area contributed by atoms with E-state index in [-0.39, 0.29) is 24.2 Å². The summed E-state index contributed by atoms with van der Waals surface area (Å²) in [5.74, 6) is -0.531. The van der Waals surface area contributed by atoms with E-state index in [0.29, 0.717) is 63.1 Å². The number of carbonyl (C=O) groups is 2. The molecule has 4 rings (SSSR count). The molecule has 2 amide bonds. The van der Waals surface area contributed by atoms with Crippen molar-refractivity contribution in [1.29, 1.82) is 0 Å². The van der Waals surface area contributed by atoms with E-state index < -0.39 is 5.60 Å². The number of carbonyl (C=O) groups excluding carboxylic acids is 2. The van der Waals surface area contributed by atoms with Crippen LogP contribution in [0, 0.1) is 5.82 Å². The average Bonchev–Trinajstić information content (AvgIpc) is 3.22. The van der Waals surface area contributed by atoms with Gasteiger partial charge in [0, 0.05) is 43.7 Å². The van der Waals surface area contributed by atoms with E-state index in [1.165, 1.54) is 17.4 Å². The standard InChI is InChI=1S/C22H27FN4O4S/c1-22(20(29)27-7-9-30-10-8-27)15-26(6-11-31-22)14-19(28)25-21-24-13-17(32-21)12-16-4-2-3-5-18(16)23/h2-5,13H,6-12,14-15H2,1H3,(H,24,25,28). The zero-order valence-corrected chi connectivity index (χ0v) is 18.8. The van der Waals surface area contributed by atoms with Gasteiger partial charge in [-0.2, -0.15) is 0 Å². The highest BCUT2D eigenvalue weighted by Gasteiger charge is 2.42. The first-order valence-electron chi connectivity index (χ1n) is 10.6. The van der Waals surface area contributed by atoms with Gasteiger partial charge in [-0.25, -0.2) is 9.37 Å². The molecule has 0 radical (unpaired) electrons. The Morgan fingerprint density at radius 1 is 1.22 bits per heavy atom. The van der Waals surface area contributed by atoms with Crippen LogP contribution in [0.1, 0.15) is 17.4 Å². The first-order valence-corrected chi connectivity index (χ1v) is 11.5. The fourth-order valence-electron chi connectivity index (χ4n) is 3.96. The number of benzene rings is 1. The number of aromatic nitrogens is 1. The third kappa shape index (κ3) is 5.50. The lowest BCUT2D eigenvalue weighted by Crippen LogP contribution is -2.61. The number of anilines is 1. The molecule has 32 heavy (non-hydrogen) atoms. The Hall–Kier alpha value is -2.40. The lowest BCUT2D eigenvalue weighted by Gasteiger charge is -2.42. The Bertz CT molecular complexity index is 965. The van der Waals surface area contributed by atoms with E-state index in [1.54, 1.807) is 36.2 Å². The van der Waals surface area contributed by atoms with Crippen molar-refractivity contribution in [1.82, 2.24) is 14.8 Å². The van der Waals surface area contributed by atoms with Gasteiger partial charge in [0.15, 0.2) is 10.7 Å². The summed E-state index contributed by atoms with van der Waals surface area (Å²) in [6, 6.07) is 6.62. The molecule has 0 aliphatic carbocycles. The molecule has 2 fully saturated rings. The van der Waals surface area contributed by atoms with Gasteiger partial charge in [-0.15, -0.1) is 11.3 Å². The first kappa shape index (κ1) is 22.8. The fourth-order valence-corrected chi connectivity index (χ4v) is 4.81. The maximum Gasteiger partial charge on any atom is 0.256 e. The van der Waals surface area contributed by atoms with Crippen LogP contribution in [-0.4, -0.2) is 84.7 Å². The highest BCUT2D eigenvalue weighted by molar-refractivity contribution is 7.15. The molecule has 2 saturated heterocycles. The van der Waals surface area contributed by atoms with E-state index in [4.69, 9.17) is 9.47 Å². The van der Waals surface area contributed by atoms with Crippen LogP contribution in [0.2, 0.25) is 0 Å². The molecule has 0 bridgehead atoms. The minimum atomic E-state index is -0.982. The van der Waals surface area contributed by atoms with Crippen molar-refractivity contribution in [2.24, 2.45) is 0 Å². The Balaban J connectivity index is 1.30. The SMILES string of the molecule is CC1(C(=O)N2CCOCC2)CN(CC(=O)Nc2ncc(Cc3ccccc3F)s2)CCO1. The van der Waals surface area contributed by atoms with E-state index >= 15 is 0 Å². The highest BCUT2D eigenvalue weighted by atomic mass is 32.1. The van der Waals surface area contributed by atoms with Gasteiger partial charge in [0.05, 0.1) is 26.4 Å². The third-order valence-corrected chi connectivity index (χ3v) is 6.51.